The molecule has 7 aromatic rings. The van der Waals surface area contributed by atoms with Crippen LogP contribution in [0.5, 0.6) is 11.5 Å². The van der Waals surface area contributed by atoms with E-state index in [0.29, 0.717) is 5.39 Å². The molecule has 0 atom stereocenters. The molecule has 0 amide bonds. The molecular weight excluding hydrogens is 537 g/mol. The van der Waals surface area contributed by atoms with Crippen molar-refractivity contribution in [1.82, 2.24) is 0 Å². The molecule has 0 unspecified atom stereocenters. The maximum Gasteiger partial charge on any atom is 0.339 e. The van der Waals surface area contributed by atoms with Gasteiger partial charge in [-0.05, 0) is 81.5 Å². The van der Waals surface area contributed by atoms with E-state index in [0.717, 1.165) is 26.9 Å². The molecule has 0 saturated carbocycles. The van der Waals surface area contributed by atoms with E-state index in [2.05, 4.69) is 48.5 Å². The molecule has 0 radical (unpaired) electrons. The number of hydrogen-bond acceptors (Lipinski definition) is 5. The highest BCUT2D eigenvalue weighted by Gasteiger charge is 2.22. The largest absolute Gasteiger partial charge is 0.508 e. The first-order chi connectivity index (χ1) is 19.5. The summed E-state index contributed by atoms with van der Waals surface area (Å²) in [5.41, 5.74) is 0. The van der Waals surface area contributed by atoms with E-state index in [-0.39, 0.29) is 16.4 Å². The monoisotopic (exact) mass is 560 g/mol. The summed E-state index contributed by atoms with van der Waals surface area (Å²) < 4.78 is 31.2. The minimum absolute atomic E-state index is 0.0440. The van der Waals surface area contributed by atoms with Crippen LogP contribution >= 0.6 is 11.8 Å². The number of phenolic OH excluding ortho intramolecular Hbond substituents is 1. The lowest BCUT2D eigenvalue weighted by Gasteiger charge is -2.14. The average Bonchev–Trinajstić information content (AvgIpc) is 2.98. The zero-order chi connectivity index (χ0) is 27.5. The van der Waals surface area contributed by atoms with Crippen molar-refractivity contribution in [2.24, 2.45) is 0 Å². The topological polar surface area (TPSA) is 63.6 Å². The quantitative estimate of drug-likeness (QED) is 0.168. The summed E-state index contributed by atoms with van der Waals surface area (Å²) in [6, 6.07) is 43.7. The van der Waals surface area contributed by atoms with Crippen molar-refractivity contribution in [3.05, 3.63) is 140 Å². The summed E-state index contributed by atoms with van der Waals surface area (Å²) in [6.07, 6.45) is 0. The highest BCUT2D eigenvalue weighted by molar-refractivity contribution is 7.99. The summed E-state index contributed by atoms with van der Waals surface area (Å²) in [4.78, 5) is 2.70. The first-order valence-electron chi connectivity index (χ1n) is 12.7. The smallest absolute Gasteiger partial charge is 0.339 e. The van der Waals surface area contributed by atoms with Crippen LogP contribution in [0.1, 0.15) is 0 Å². The molecule has 0 bridgehead atoms. The van der Waals surface area contributed by atoms with Gasteiger partial charge < -0.3 is 9.29 Å². The maximum absolute atomic E-state index is 12.9. The zero-order valence-corrected chi connectivity index (χ0v) is 22.9. The molecule has 0 spiro atoms. The minimum atomic E-state index is -4.03. The van der Waals surface area contributed by atoms with Crippen LogP contribution in [-0.2, 0) is 10.1 Å². The lowest BCUT2D eigenvalue weighted by molar-refractivity contribution is 0.469. The van der Waals surface area contributed by atoms with E-state index in [1.165, 1.54) is 34.1 Å². The lowest BCUT2D eigenvalue weighted by Crippen LogP contribution is -2.10. The normalized spacial score (nSPS) is 11.4. The Labute approximate surface area is 236 Å². The second kappa shape index (κ2) is 10.9. The number of phenols is 1. The molecule has 1 N–H and O–H groups in total. The molecule has 0 saturated heterocycles. The van der Waals surface area contributed by atoms with Gasteiger partial charge in [0.05, 0.1) is 0 Å². The molecule has 196 valence electrons. The summed E-state index contributed by atoms with van der Waals surface area (Å²) in [6.45, 7) is 0. The number of hydrogen-bond donors (Lipinski definition) is 1. The molecule has 0 aromatic heterocycles. The summed E-state index contributed by atoms with van der Waals surface area (Å²) in [5.74, 6) is 0.195. The van der Waals surface area contributed by atoms with E-state index in [1.54, 1.807) is 23.9 Å². The van der Waals surface area contributed by atoms with Crippen molar-refractivity contribution in [3.8, 4) is 11.5 Å². The van der Waals surface area contributed by atoms with Gasteiger partial charge in [-0.1, -0.05) is 96.7 Å². The third-order valence-electron chi connectivity index (χ3n) is 6.52. The zero-order valence-electron chi connectivity index (χ0n) is 21.3. The van der Waals surface area contributed by atoms with Gasteiger partial charge in [0.1, 0.15) is 16.4 Å². The molecule has 6 heteroatoms. The van der Waals surface area contributed by atoms with Gasteiger partial charge in [0.2, 0.25) is 0 Å². The van der Waals surface area contributed by atoms with Crippen LogP contribution in [0.15, 0.2) is 154 Å². The van der Waals surface area contributed by atoms with Crippen LogP contribution in [0.2, 0.25) is 0 Å². The van der Waals surface area contributed by atoms with Crippen LogP contribution in [0.3, 0.4) is 0 Å². The predicted molar refractivity (Wildman–Crippen MR) is 163 cm³/mol. The molecule has 0 aliphatic rings. The third kappa shape index (κ3) is 5.32. The molecule has 0 heterocycles. The maximum atomic E-state index is 12.9. The van der Waals surface area contributed by atoms with E-state index in [9.17, 15) is 13.5 Å². The fraction of sp³-hybridized carbons (Fsp3) is 0. The van der Waals surface area contributed by atoms with Gasteiger partial charge in [-0.3, -0.25) is 0 Å². The Kier molecular flexibility index (Phi) is 7.03. The summed E-state index contributed by atoms with van der Waals surface area (Å²) >= 11 is 1.79. The standard InChI is InChI=1S/C22H14O4S.C12H10S/c23-17-8-10-18(11-9-17)26-27(24,25)20-13-7-16-5-4-14-2-1-3-15-6-12-19(20)22(16)21(14)15;1-3-7-11(8-4-1)13-12-9-5-2-6-10-12/h1-13,23H;1-10H. The van der Waals surface area contributed by atoms with Crippen molar-refractivity contribution in [1.29, 1.82) is 0 Å². The lowest BCUT2D eigenvalue weighted by atomic mass is 9.94. The minimum Gasteiger partial charge on any atom is -0.508 e. The fourth-order valence-corrected chi connectivity index (χ4v) is 6.70. The second-order valence-electron chi connectivity index (χ2n) is 9.18. The van der Waals surface area contributed by atoms with Crippen LogP contribution in [0.25, 0.3) is 32.3 Å². The van der Waals surface area contributed by atoms with Gasteiger partial charge in [0, 0.05) is 15.2 Å². The van der Waals surface area contributed by atoms with E-state index in [4.69, 9.17) is 4.18 Å². The second-order valence-corrected chi connectivity index (χ2v) is 11.8. The van der Waals surface area contributed by atoms with Gasteiger partial charge in [-0.25, -0.2) is 0 Å². The highest BCUT2D eigenvalue weighted by atomic mass is 32.2. The van der Waals surface area contributed by atoms with Gasteiger partial charge in [-0.2, -0.15) is 8.42 Å². The molecule has 40 heavy (non-hydrogen) atoms. The van der Waals surface area contributed by atoms with E-state index < -0.39 is 10.1 Å². The highest BCUT2D eigenvalue weighted by Crippen LogP contribution is 2.38. The van der Waals surface area contributed by atoms with Gasteiger partial charge in [0.25, 0.3) is 0 Å². The molecule has 0 aliphatic carbocycles. The van der Waals surface area contributed by atoms with Crippen LogP contribution in [0.4, 0.5) is 0 Å². The van der Waals surface area contributed by atoms with Crippen molar-refractivity contribution in [2.45, 2.75) is 14.7 Å². The summed E-state index contributed by atoms with van der Waals surface area (Å²) in [5, 5.41) is 15.1. The summed E-state index contributed by atoms with van der Waals surface area (Å²) in [7, 11) is -4.03. The third-order valence-corrected chi connectivity index (χ3v) is 8.85. The van der Waals surface area contributed by atoms with Crippen LogP contribution < -0.4 is 4.18 Å². The molecule has 7 aromatic carbocycles. The molecule has 0 fully saturated rings. The number of benzene rings is 7. The molecular formula is C34H24O4S2. The van der Waals surface area contributed by atoms with E-state index in [1.807, 2.05) is 54.6 Å². The Morgan fingerprint density at radius 2 is 1.05 bits per heavy atom. The molecule has 0 aliphatic heterocycles. The Morgan fingerprint density at radius 1 is 0.525 bits per heavy atom. The van der Waals surface area contributed by atoms with Crippen molar-refractivity contribution in [2.75, 3.05) is 0 Å². The first-order valence-corrected chi connectivity index (χ1v) is 14.9. The molecule has 7 rings (SSSR count). The average molecular weight is 561 g/mol. The van der Waals surface area contributed by atoms with Crippen LogP contribution in [-0.4, -0.2) is 13.5 Å². The Bertz CT molecular complexity index is 1950. The number of rotatable bonds is 5. The Morgan fingerprint density at radius 3 is 1.65 bits per heavy atom. The van der Waals surface area contributed by atoms with Crippen molar-refractivity contribution >= 4 is 54.2 Å². The fourth-order valence-electron chi connectivity index (χ4n) is 4.71. The SMILES string of the molecule is O=S(=O)(Oc1ccc(O)cc1)c1ccc2ccc3cccc4ccc1c2c34.c1ccc(Sc2ccccc2)cc1. The van der Waals surface area contributed by atoms with Gasteiger partial charge in [-0.15, -0.1) is 0 Å². The van der Waals surface area contributed by atoms with Crippen molar-refractivity contribution < 1.29 is 17.7 Å². The van der Waals surface area contributed by atoms with Crippen LogP contribution in [0, 0.1) is 0 Å². The predicted octanol–water partition coefficient (Wildman–Crippen LogP) is 8.90. The molecule has 4 nitrogen and oxygen atoms in total. The van der Waals surface area contributed by atoms with Gasteiger partial charge >= 0.3 is 10.1 Å². The first kappa shape index (κ1) is 25.7. The Hall–Kier alpha value is -4.52. The van der Waals surface area contributed by atoms with E-state index >= 15 is 0 Å². The van der Waals surface area contributed by atoms with Gasteiger partial charge in [0.15, 0.2) is 0 Å². The Balaban J connectivity index is 0.000000187. The number of aromatic hydroxyl groups is 1. The van der Waals surface area contributed by atoms with Crippen molar-refractivity contribution in [3.63, 3.8) is 0 Å².